The highest BCUT2D eigenvalue weighted by Gasteiger charge is 2.34. The number of hydrogen-bond donors (Lipinski definition) is 1. The molecule has 2 aliphatic rings. The molecule has 6 nitrogen and oxygen atoms in total. The molecule has 1 amide bonds. The first-order chi connectivity index (χ1) is 12.1. The van der Waals surface area contributed by atoms with Crippen molar-refractivity contribution in [2.24, 2.45) is 4.99 Å². The molecular weight excluding hydrogens is 338 g/mol. The minimum Gasteiger partial charge on any atom is -0.450 e. The summed E-state index contributed by atoms with van der Waals surface area (Å²) in [4.78, 5) is 22.6. The predicted octanol–water partition coefficient (Wildman–Crippen LogP) is 3.88. The van der Waals surface area contributed by atoms with Gasteiger partial charge in [-0.3, -0.25) is 10.2 Å². The van der Waals surface area contributed by atoms with Crippen molar-refractivity contribution in [1.29, 1.82) is 5.41 Å². The summed E-state index contributed by atoms with van der Waals surface area (Å²) >= 11 is 1.48. The van der Waals surface area contributed by atoms with Crippen molar-refractivity contribution in [3.63, 3.8) is 0 Å². The average molecular weight is 351 g/mol. The largest absolute Gasteiger partial charge is 0.450 e. The van der Waals surface area contributed by atoms with Crippen molar-refractivity contribution in [1.82, 2.24) is 5.06 Å². The lowest BCUT2D eigenvalue weighted by Gasteiger charge is -2.22. The SMILES string of the molecule is CC1=CC2=NC(=O)/C(=C/c3ccc(Sc4ccccc4)o3)C(=N)N2O1. The van der Waals surface area contributed by atoms with Crippen molar-refractivity contribution in [2.45, 2.75) is 16.9 Å². The van der Waals surface area contributed by atoms with Gasteiger partial charge < -0.3 is 9.25 Å². The molecule has 25 heavy (non-hydrogen) atoms. The molecule has 0 aliphatic carbocycles. The number of nitrogens with zero attached hydrogens (tertiary/aromatic N) is 2. The van der Waals surface area contributed by atoms with E-state index in [0.29, 0.717) is 22.4 Å². The number of carbonyl (C=O) groups is 1. The van der Waals surface area contributed by atoms with Gasteiger partial charge in [0.1, 0.15) is 11.5 Å². The van der Waals surface area contributed by atoms with E-state index in [0.717, 1.165) is 4.90 Å². The number of allylic oxidation sites excluding steroid dienone is 1. The fourth-order valence-corrected chi connectivity index (χ4v) is 3.21. The first kappa shape index (κ1) is 15.5. The second-order valence-electron chi connectivity index (χ2n) is 5.39. The molecule has 7 heteroatoms. The molecule has 0 unspecified atom stereocenters. The molecule has 0 saturated heterocycles. The zero-order valence-corrected chi connectivity index (χ0v) is 14.0. The topological polar surface area (TPSA) is 78.9 Å². The van der Waals surface area contributed by atoms with Gasteiger partial charge in [-0.05, 0) is 37.3 Å². The zero-order chi connectivity index (χ0) is 17.4. The van der Waals surface area contributed by atoms with Crippen LogP contribution in [-0.2, 0) is 9.63 Å². The van der Waals surface area contributed by atoms with Gasteiger partial charge in [-0.2, -0.15) is 4.99 Å². The molecule has 0 fully saturated rings. The Morgan fingerprint density at radius 2 is 2.00 bits per heavy atom. The van der Waals surface area contributed by atoms with Crippen LogP contribution in [0.3, 0.4) is 0 Å². The molecule has 4 rings (SSSR count). The van der Waals surface area contributed by atoms with E-state index in [1.165, 1.54) is 22.9 Å². The summed E-state index contributed by atoms with van der Waals surface area (Å²) in [5, 5.41) is 10.1. The standard InChI is InChI=1S/C18H13N3O3S/c1-11-9-15-20-18(22)14(17(19)21(15)24-11)10-12-7-8-16(23-12)25-13-5-3-2-4-6-13/h2-10,19H,1H3/b14-10+,19-17?. The number of aliphatic imine (C=N–C) groups is 1. The summed E-state index contributed by atoms with van der Waals surface area (Å²) in [6, 6.07) is 13.4. The molecule has 1 aromatic carbocycles. The van der Waals surface area contributed by atoms with E-state index < -0.39 is 5.91 Å². The minimum atomic E-state index is -0.487. The summed E-state index contributed by atoms with van der Waals surface area (Å²) < 4.78 is 5.74. The maximum atomic E-state index is 12.2. The third-order valence-electron chi connectivity index (χ3n) is 3.53. The summed E-state index contributed by atoms with van der Waals surface area (Å²) in [7, 11) is 0. The summed E-state index contributed by atoms with van der Waals surface area (Å²) in [5.74, 6) is 0.840. The van der Waals surface area contributed by atoms with Crippen molar-refractivity contribution in [3.05, 3.63) is 65.6 Å². The van der Waals surface area contributed by atoms with Crippen LogP contribution in [0, 0.1) is 5.41 Å². The monoisotopic (exact) mass is 351 g/mol. The molecular formula is C18H13N3O3S. The van der Waals surface area contributed by atoms with Crippen LogP contribution in [0.4, 0.5) is 0 Å². The maximum Gasteiger partial charge on any atom is 0.283 e. The number of nitrogens with one attached hydrogen (secondary N) is 1. The number of amidine groups is 2. The normalized spacial score (nSPS) is 18.1. The van der Waals surface area contributed by atoms with Crippen LogP contribution in [0.5, 0.6) is 0 Å². The quantitative estimate of drug-likeness (QED) is 0.849. The van der Waals surface area contributed by atoms with E-state index in [-0.39, 0.29) is 11.4 Å². The van der Waals surface area contributed by atoms with Gasteiger partial charge in [0.25, 0.3) is 5.91 Å². The summed E-state index contributed by atoms with van der Waals surface area (Å²) in [5.41, 5.74) is 0.123. The lowest BCUT2D eigenvalue weighted by molar-refractivity contribution is -0.114. The van der Waals surface area contributed by atoms with Crippen LogP contribution >= 0.6 is 11.8 Å². The van der Waals surface area contributed by atoms with Gasteiger partial charge in [0, 0.05) is 11.0 Å². The zero-order valence-electron chi connectivity index (χ0n) is 13.2. The molecule has 0 radical (unpaired) electrons. The van der Waals surface area contributed by atoms with E-state index in [1.54, 1.807) is 19.1 Å². The number of furan rings is 1. The molecule has 1 N–H and O–H groups in total. The molecule has 1 aromatic heterocycles. The third kappa shape index (κ3) is 3.01. The van der Waals surface area contributed by atoms with E-state index in [4.69, 9.17) is 14.7 Å². The number of hydrogen-bond acceptors (Lipinski definition) is 5. The average Bonchev–Trinajstić information content (AvgIpc) is 3.18. The minimum absolute atomic E-state index is 0.0586. The number of carbonyl (C=O) groups excluding carboxylic acids is 1. The number of hydroxylamine groups is 2. The molecule has 2 aromatic rings. The van der Waals surface area contributed by atoms with Gasteiger partial charge in [-0.25, -0.2) is 0 Å². The van der Waals surface area contributed by atoms with Crippen LogP contribution < -0.4 is 0 Å². The number of benzene rings is 1. The van der Waals surface area contributed by atoms with E-state index in [9.17, 15) is 4.79 Å². The highest BCUT2D eigenvalue weighted by Crippen LogP contribution is 2.30. The number of fused-ring (bicyclic) bond motifs is 1. The lowest BCUT2D eigenvalue weighted by atomic mass is 10.1. The predicted molar refractivity (Wildman–Crippen MR) is 94.1 cm³/mol. The Balaban J connectivity index is 1.58. The molecule has 0 spiro atoms. The van der Waals surface area contributed by atoms with Gasteiger partial charge >= 0.3 is 0 Å². The van der Waals surface area contributed by atoms with E-state index in [1.807, 2.05) is 36.4 Å². The molecule has 0 saturated carbocycles. The van der Waals surface area contributed by atoms with E-state index in [2.05, 4.69) is 4.99 Å². The van der Waals surface area contributed by atoms with Crippen LogP contribution in [0.1, 0.15) is 12.7 Å². The van der Waals surface area contributed by atoms with Crippen LogP contribution in [0.2, 0.25) is 0 Å². The molecule has 124 valence electrons. The van der Waals surface area contributed by atoms with Crippen molar-refractivity contribution >= 4 is 35.4 Å². The number of amides is 1. The van der Waals surface area contributed by atoms with Crippen molar-refractivity contribution in [3.8, 4) is 0 Å². The van der Waals surface area contributed by atoms with Gasteiger partial charge in [-0.1, -0.05) is 30.0 Å². The van der Waals surface area contributed by atoms with Crippen LogP contribution in [0.25, 0.3) is 6.08 Å². The van der Waals surface area contributed by atoms with E-state index >= 15 is 0 Å². The maximum absolute atomic E-state index is 12.2. The number of rotatable bonds is 3. The highest BCUT2D eigenvalue weighted by molar-refractivity contribution is 7.99. The molecule has 0 bridgehead atoms. The smallest absolute Gasteiger partial charge is 0.283 e. The Kier molecular flexibility index (Phi) is 3.77. The lowest BCUT2D eigenvalue weighted by Crippen LogP contribution is -2.38. The van der Waals surface area contributed by atoms with Gasteiger partial charge in [-0.15, -0.1) is 5.06 Å². The first-order valence-electron chi connectivity index (χ1n) is 7.53. The molecule has 2 aliphatic heterocycles. The Morgan fingerprint density at radius 3 is 2.80 bits per heavy atom. The van der Waals surface area contributed by atoms with Gasteiger partial charge in [0.15, 0.2) is 16.8 Å². The summed E-state index contributed by atoms with van der Waals surface area (Å²) in [6.45, 7) is 1.74. The van der Waals surface area contributed by atoms with Gasteiger partial charge in [0.05, 0.1) is 5.57 Å². The molecule has 3 heterocycles. The fourth-order valence-electron chi connectivity index (χ4n) is 2.41. The first-order valence-corrected chi connectivity index (χ1v) is 8.34. The Morgan fingerprint density at radius 1 is 1.20 bits per heavy atom. The Labute approximate surface area is 148 Å². The van der Waals surface area contributed by atoms with Gasteiger partial charge in [0.2, 0.25) is 0 Å². The summed E-state index contributed by atoms with van der Waals surface area (Å²) in [6.07, 6.45) is 3.13. The fraction of sp³-hybridized carbons (Fsp3) is 0.0556. The van der Waals surface area contributed by atoms with Crippen molar-refractivity contribution < 1.29 is 14.0 Å². The second-order valence-corrected chi connectivity index (χ2v) is 6.47. The van der Waals surface area contributed by atoms with Crippen LogP contribution in [0.15, 0.2) is 79.3 Å². The third-order valence-corrected chi connectivity index (χ3v) is 4.46. The highest BCUT2D eigenvalue weighted by atomic mass is 32.2. The second kappa shape index (κ2) is 6.10. The van der Waals surface area contributed by atoms with Crippen molar-refractivity contribution in [2.75, 3.05) is 0 Å². The molecule has 0 atom stereocenters. The Bertz CT molecular complexity index is 957. The Hall–Kier alpha value is -3.06. The van der Waals surface area contributed by atoms with Crippen LogP contribution in [-0.4, -0.2) is 22.6 Å².